The zero-order valence-corrected chi connectivity index (χ0v) is 12.9. The molecule has 0 bridgehead atoms. The first-order chi connectivity index (χ1) is 9.62. The van der Waals surface area contributed by atoms with Gasteiger partial charge in [0.15, 0.2) is 5.16 Å². The highest BCUT2D eigenvalue weighted by Crippen LogP contribution is 2.21. The number of rotatable bonds is 5. The van der Waals surface area contributed by atoms with Gasteiger partial charge in [0.1, 0.15) is 11.6 Å². The molecule has 106 valence electrons. The highest BCUT2D eigenvalue weighted by Gasteiger charge is 2.08. The maximum absolute atomic E-state index is 5.89. The van der Waals surface area contributed by atoms with Crippen molar-refractivity contribution in [1.29, 1.82) is 0 Å². The van der Waals surface area contributed by atoms with E-state index < -0.39 is 0 Å². The van der Waals surface area contributed by atoms with Gasteiger partial charge in [-0.05, 0) is 24.0 Å². The number of nitrogens with zero attached hydrogens (tertiary/aromatic N) is 3. The topological polar surface area (TPSA) is 67.1 Å². The molecule has 0 amide bonds. The van der Waals surface area contributed by atoms with Crippen LogP contribution in [0.15, 0.2) is 35.5 Å². The molecular weight excluding hydrogens is 294 g/mol. The van der Waals surface area contributed by atoms with E-state index in [1.807, 2.05) is 48.5 Å². The number of hydrogen-bond acceptors (Lipinski definition) is 6. The summed E-state index contributed by atoms with van der Waals surface area (Å²) in [7, 11) is 1.97. The minimum absolute atomic E-state index is 0.599. The summed E-state index contributed by atoms with van der Waals surface area (Å²) < 4.78 is 0. The molecule has 5 nitrogen and oxygen atoms in total. The molecule has 0 aliphatic heterocycles. The summed E-state index contributed by atoms with van der Waals surface area (Å²) in [4.78, 5) is 10.7. The first kappa shape index (κ1) is 14.9. The molecular formula is C13H16ClN5S. The predicted octanol–water partition coefficient (Wildman–Crippen LogP) is 2.77. The van der Waals surface area contributed by atoms with Crippen molar-refractivity contribution in [2.45, 2.75) is 11.7 Å². The van der Waals surface area contributed by atoms with Crippen molar-refractivity contribution in [3.8, 4) is 0 Å². The van der Waals surface area contributed by atoms with Crippen LogP contribution in [0.1, 0.15) is 5.56 Å². The van der Waals surface area contributed by atoms with Crippen molar-refractivity contribution in [1.82, 2.24) is 9.97 Å². The fraction of sp³-hybridized carbons (Fsp3) is 0.231. The summed E-state index contributed by atoms with van der Waals surface area (Å²) >= 11 is 7.36. The first-order valence-corrected chi connectivity index (χ1v) is 7.58. The van der Waals surface area contributed by atoms with E-state index in [0.29, 0.717) is 11.0 Å². The van der Waals surface area contributed by atoms with Gasteiger partial charge in [-0.3, -0.25) is 0 Å². The average molecular weight is 310 g/mol. The van der Waals surface area contributed by atoms with Gasteiger partial charge in [-0.2, -0.15) is 0 Å². The van der Waals surface area contributed by atoms with Gasteiger partial charge in [-0.15, -0.1) is 0 Å². The monoisotopic (exact) mass is 309 g/mol. The second-order valence-electron chi connectivity index (χ2n) is 4.22. The summed E-state index contributed by atoms with van der Waals surface area (Å²) in [6.45, 7) is 0.728. The van der Waals surface area contributed by atoms with E-state index in [1.165, 1.54) is 11.8 Å². The molecule has 0 saturated carbocycles. The Morgan fingerprint density at radius 2 is 2.00 bits per heavy atom. The smallest absolute Gasteiger partial charge is 0.191 e. The third-order valence-electron chi connectivity index (χ3n) is 2.75. The van der Waals surface area contributed by atoms with Crippen LogP contribution in [-0.2, 0) is 6.54 Å². The molecule has 20 heavy (non-hydrogen) atoms. The van der Waals surface area contributed by atoms with Crippen LogP contribution in [0, 0.1) is 0 Å². The third-order valence-corrected chi connectivity index (χ3v) is 3.55. The molecule has 2 rings (SSSR count). The fourth-order valence-electron chi connectivity index (χ4n) is 1.72. The molecule has 1 heterocycles. The number of benzene rings is 1. The Kier molecular flexibility index (Phi) is 5.05. The van der Waals surface area contributed by atoms with Crippen molar-refractivity contribution in [2.75, 3.05) is 23.6 Å². The van der Waals surface area contributed by atoms with Gasteiger partial charge in [0.2, 0.25) is 0 Å². The van der Waals surface area contributed by atoms with Crippen LogP contribution >= 0.6 is 23.4 Å². The molecule has 0 aliphatic rings. The van der Waals surface area contributed by atoms with Crippen LogP contribution in [0.5, 0.6) is 0 Å². The standard InChI is InChI=1S/C13H16ClN5S/c1-19(8-9-3-5-10(14)6-4-9)12-7-11(18-15)16-13(17-12)20-2/h3-7H,8,15H2,1-2H3,(H,16,17,18). The summed E-state index contributed by atoms with van der Waals surface area (Å²) in [6, 6.07) is 9.57. The van der Waals surface area contributed by atoms with Crippen molar-refractivity contribution in [3.05, 3.63) is 40.9 Å². The van der Waals surface area contributed by atoms with Crippen LogP contribution in [-0.4, -0.2) is 23.3 Å². The molecule has 0 fully saturated rings. The van der Waals surface area contributed by atoms with Gasteiger partial charge >= 0.3 is 0 Å². The zero-order chi connectivity index (χ0) is 14.5. The summed E-state index contributed by atoms with van der Waals surface area (Å²) in [5.74, 6) is 6.84. The summed E-state index contributed by atoms with van der Waals surface area (Å²) in [5, 5.41) is 1.41. The maximum Gasteiger partial charge on any atom is 0.191 e. The van der Waals surface area contributed by atoms with Crippen molar-refractivity contribution in [3.63, 3.8) is 0 Å². The van der Waals surface area contributed by atoms with Gasteiger partial charge in [-0.25, -0.2) is 15.8 Å². The third kappa shape index (κ3) is 3.75. The Bertz CT molecular complexity index is 553. The highest BCUT2D eigenvalue weighted by molar-refractivity contribution is 7.98. The van der Waals surface area contributed by atoms with Crippen LogP contribution in [0.25, 0.3) is 0 Å². The lowest BCUT2D eigenvalue weighted by molar-refractivity contribution is 0.857. The van der Waals surface area contributed by atoms with E-state index in [4.69, 9.17) is 17.4 Å². The molecule has 0 saturated heterocycles. The Labute approximate surface area is 127 Å². The van der Waals surface area contributed by atoms with E-state index >= 15 is 0 Å². The van der Waals surface area contributed by atoms with E-state index in [1.54, 1.807) is 0 Å². The number of nitrogens with two attached hydrogens (primary N) is 1. The van der Waals surface area contributed by atoms with Crippen molar-refractivity contribution in [2.24, 2.45) is 5.84 Å². The predicted molar refractivity (Wildman–Crippen MR) is 85.2 cm³/mol. The number of aromatic nitrogens is 2. The molecule has 1 aromatic heterocycles. The number of nitrogens with one attached hydrogen (secondary N) is 1. The maximum atomic E-state index is 5.89. The summed E-state index contributed by atoms with van der Waals surface area (Å²) in [5.41, 5.74) is 3.72. The van der Waals surface area contributed by atoms with Crippen LogP contribution < -0.4 is 16.2 Å². The number of anilines is 2. The van der Waals surface area contributed by atoms with E-state index in [9.17, 15) is 0 Å². The fourth-order valence-corrected chi connectivity index (χ4v) is 2.22. The Morgan fingerprint density at radius 1 is 1.30 bits per heavy atom. The quantitative estimate of drug-likeness (QED) is 0.383. The molecule has 0 aliphatic carbocycles. The minimum Gasteiger partial charge on any atom is -0.355 e. The number of nitrogen functional groups attached to an aromatic ring is 1. The van der Waals surface area contributed by atoms with Gasteiger partial charge in [-0.1, -0.05) is 35.5 Å². The van der Waals surface area contributed by atoms with Gasteiger partial charge in [0.05, 0.1) is 0 Å². The SMILES string of the molecule is CSc1nc(NN)cc(N(C)Cc2ccc(Cl)cc2)n1. The second kappa shape index (κ2) is 6.78. The lowest BCUT2D eigenvalue weighted by Crippen LogP contribution is -2.19. The second-order valence-corrected chi connectivity index (χ2v) is 5.43. The Balaban J connectivity index is 2.19. The van der Waals surface area contributed by atoms with Crippen LogP contribution in [0.2, 0.25) is 5.02 Å². The first-order valence-electron chi connectivity index (χ1n) is 5.97. The molecule has 0 unspecified atom stereocenters. The highest BCUT2D eigenvalue weighted by atomic mass is 35.5. The molecule has 0 spiro atoms. The Morgan fingerprint density at radius 3 is 2.60 bits per heavy atom. The van der Waals surface area contributed by atoms with E-state index in [2.05, 4.69) is 15.4 Å². The number of hydrazine groups is 1. The molecule has 2 aromatic rings. The van der Waals surface area contributed by atoms with Gasteiger partial charge in [0, 0.05) is 24.7 Å². The van der Waals surface area contributed by atoms with E-state index in [-0.39, 0.29) is 0 Å². The summed E-state index contributed by atoms with van der Waals surface area (Å²) in [6.07, 6.45) is 1.93. The molecule has 1 aromatic carbocycles. The molecule has 7 heteroatoms. The minimum atomic E-state index is 0.599. The van der Waals surface area contributed by atoms with Gasteiger partial charge in [0.25, 0.3) is 0 Å². The Hall–Kier alpha value is -1.50. The molecule has 0 atom stereocenters. The molecule has 3 N–H and O–H groups in total. The normalized spacial score (nSPS) is 10.4. The van der Waals surface area contributed by atoms with Gasteiger partial charge < -0.3 is 10.3 Å². The number of halogens is 1. The van der Waals surface area contributed by atoms with E-state index in [0.717, 1.165) is 22.9 Å². The van der Waals surface area contributed by atoms with Crippen LogP contribution in [0.4, 0.5) is 11.6 Å². The average Bonchev–Trinajstić information content (AvgIpc) is 2.48. The largest absolute Gasteiger partial charge is 0.355 e. The zero-order valence-electron chi connectivity index (χ0n) is 11.3. The lowest BCUT2D eigenvalue weighted by atomic mass is 10.2. The van der Waals surface area contributed by atoms with Crippen LogP contribution in [0.3, 0.4) is 0 Å². The number of hydrogen-bond donors (Lipinski definition) is 2. The number of thioether (sulfide) groups is 1. The lowest BCUT2D eigenvalue weighted by Gasteiger charge is -2.19. The molecule has 0 radical (unpaired) electrons. The van der Waals surface area contributed by atoms with Crippen molar-refractivity contribution < 1.29 is 0 Å². The van der Waals surface area contributed by atoms with Crippen molar-refractivity contribution >= 4 is 35.0 Å².